The second-order valence-corrected chi connectivity index (χ2v) is 9.31. The molecule has 2 unspecified atom stereocenters. The van der Waals surface area contributed by atoms with Crippen molar-refractivity contribution < 1.29 is 17.9 Å². The van der Waals surface area contributed by atoms with Gasteiger partial charge in [0.25, 0.3) is 0 Å². The number of ether oxygens (including phenoxy) is 2. The molecule has 0 saturated carbocycles. The molecule has 0 amide bonds. The summed E-state index contributed by atoms with van der Waals surface area (Å²) in [6.07, 6.45) is 5.69. The summed E-state index contributed by atoms with van der Waals surface area (Å²) < 4.78 is 39.9. The van der Waals surface area contributed by atoms with Crippen LogP contribution in [0.2, 0.25) is 0 Å². The van der Waals surface area contributed by atoms with Crippen molar-refractivity contribution in [1.82, 2.24) is 9.29 Å². The molecule has 2 aromatic rings. The van der Waals surface area contributed by atoms with Gasteiger partial charge in [0.1, 0.15) is 11.9 Å². The summed E-state index contributed by atoms with van der Waals surface area (Å²) in [5, 5.41) is 0. The Morgan fingerprint density at radius 3 is 2.67 bits per heavy atom. The fraction of sp³-hybridized carbons (Fsp3) is 0.450. The van der Waals surface area contributed by atoms with Gasteiger partial charge in [0.05, 0.1) is 11.5 Å². The van der Waals surface area contributed by atoms with Crippen LogP contribution in [0.1, 0.15) is 31.2 Å². The maximum atomic E-state index is 13.3. The average molecular weight is 386 g/mol. The maximum Gasteiger partial charge on any atom is 0.243 e. The zero-order valence-electron chi connectivity index (χ0n) is 15.0. The molecule has 0 radical (unpaired) electrons. The molecular formula is C20H22N2O4S. The fourth-order valence-corrected chi connectivity index (χ4v) is 6.55. The van der Waals surface area contributed by atoms with Gasteiger partial charge >= 0.3 is 0 Å². The van der Waals surface area contributed by atoms with Crippen molar-refractivity contribution in [2.24, 2.45) is 0 Å². The lowest BCUT2D eigenvalue weighted by molar-refractivity contribution is 0.0918. The molecule has 4 heterocycles. The average Bonchev–Trinajstić information content (AvgIpc) is 3.25. The standard InChI is InChI=1S/C20H22N2O4S/c23-27(24,18-6-7-19-14(11-18)8-10-25-19)22-15-4-5-16(22)13-17(12-15)26-20-3-1-2-9-21-20/h1-3,6-7,9,11,15-17H,4-5,8,10,12-13H2. The Bertz CT molecular complexity index is 934. The van der Waals surface area contributed by atoms with Crippen molar-refractivity contribution in [2.45, 2.75) is 55.2 Å². The molecule has 3 aliphatic heterocycles. The van der Waals surface area contributed by atoms with Crippen molar-refractivity contribution in [3.63, 3.8) is 0 Å². The quantitative estimate of drug-likeness (QED) is 0.808. The van der Waals surface area contributed by atoms with Gasteiger partial charge in [-0.2, -0.15) is 4.31 Å². The number of pyridine rings is 1. The van der Waals surface area contributed by atoms with E-state index in [0.29, 0.717) is 30.2 Å². The molecule has 2 bridgehead atoms. The Labute approximate surface area is 159 Å². The van der Waals surface area contributed by atoms with Crippen LogP contribution in [0.5, 0.6) is 11.6 Å². The Kier molecular flexibility index (Phi) is 4.09. The summed E-state index contributed by atoms with van der Waals surface area (Å²) in [5.74, 6) is 1.41. The van der Waals surface area contributed by atoms with Crippen LogP contribution in [-0.4, -0.2) is 42.5 Å². The smallest absolute Gasteiger partial charge is 0.243 e. The van der Waals surface area contributed by atoms with E-state index in [4.69, 9.17) is 9.47 Å². The molecule has 2 fully saturated rings. The molecular weight excluding hydrogens is 364 g/mol. The minimum absolute atomic E-state index is 0.00744. The van der Waals surface area contributed by atoms with E-state index in [-0.39, 0.29) is 18.2 Å². The molecule has 2 atom stereocenters. The van der Waals surface area contributed by atoms with Crippen LogP contribution in [0.3, 0.4) is 0 Å². The van der Waals surface area contributed by atoms with Crippen LogP contribution < -0.4 is 9.47 Å². The largest absolute Gasteiger partial charge is 0.493 e. The van der Waals surface area contributed by atoms with Crippen LogP contribution >= 0.6 is 0 Å². The monoisotopic (exact) mass is 386 g/mol. The Balaban J connectivity index is 1.37. The number of piperidine rings is 1. The van der Waals surface area contributed by atoms with Crippen molar-refractivity contribution in [3.8, 4) is 11.6 Å². The molecule has 2 saturated heterocycles. The highest BCUT2D eigenvalue weighted by molar-refractivity contribution is 7.89. The number of aromatic nitrogens is 1. The molecule has 3 aliphatic rings. The third kappa shape index (κ3) is 2.99. The highest BCUT2D eigenvalue weighted by Crippen LogP contribution is 2.41. The molecule has 1 aromatic carbocycles. The van der Waals surface area contributed by atoms with E-state index < -0.39 is 10.0 Å². The van der Waals surface area contributed by atoms with Crippen molar-refractivity contribution in [2.75, 3.05) is 6.61 Å². The summed E-state index contributed by atoms with van der Waals surface area (Å²) in [6.45, 7) is 0.625. The zero-order chi connectivity index (χ0) is 18.4. The predicted octanol–water partition coefficient (Wildman–Crippen LogP) is 2.78. The first kappa shape index (κ1) is 17.0. The minimum atomic E-state index is -3.51. The Hall–Kier alpha value is -2.12. The first-order valence-electron chi connectivity index (χ1n) is 9.48. The van der Waals surface area contributed by atoms with Gasteiger partial charge in [0.15, 0.2) is 0 Å². The number of fused-ring (bicyclic) bond motifs is 3. The van der Waals surface area contributed by atoms with Gasteiger partial charge in [-0.3, -0.25) is 0 Å². The lowest BCUT2D eigenvalue weighted by Gasteiger charge is -2.37. The van der Waals surface area contributed by atoms with Gasteiger partial charge in [0.2, 0.25) is 15.9 Å². The lowest BCUT2D eigenvalue weighted by Crippen LogP contribution is -2.49. The predicted molar refractivity (Wildman–Crippen MR) is 99.4 cm³/mol. The summed E-state index contributed by atoms with van der Waals surface area (Å²) in [5.41, 5.74) is 0.983. The first-order valence-corrected chi connectivity index (χ1v) is 10.9. The number of nitrogens with zero attached hydrogens (tertiary/aromatic N) is 2. The first-order chi connectivity index (χ1) is 13.1. The summed E-state index contributed by atoms with van der Waals surface area (Å²) >= 11 is 0. The maximum absolute atomic E-state index is 13.3. The summed E-state index contributed by atoms with van der Waals surface area (Å²) in [6, 6.07) is 10.8. The van der Waals surface area contributed by atoms with Crippen molar-refractivity contribution in [1.29, 1.82) is 0 Å². The topological polar surface area (TPSA) is 68.7 Å². The fourth-order valence-electron chi connectivity index (χ4n) is 4.61. The third-order valence-electron chi connectivity index (χ3n) is 5.78. The number of rotatable bonds is 4. The molecule has 1 aromatic heterocycles. The Morgan fingerprint density at radius 1 is 1.11 bits per heavy atom. The SMILES string of the molecule is O=S(=O)(c1ccc2c(c1)CCO2)N1C2CCC1CC(Oc1ccccn1)C2. The number of benzene rings is 1. The van der Waals surface area contributed by atoms with E-state index in [1.165, 1.54) is 0 Å². The van der Waals surface area contributed by atoms with Crippen LogP contribution in [0.15, 0.2) is 47.5 Å². The van der Waals surface area contributed by atoms with E-state index in [0.717, 1.165) is 30.6 Å². The van der Waals surface area contributed by atoms with E-state index in [2.05, 4.69) is 4.98 Å². The number of hydrogen-bond acceptors (Lipinski definition) is 5. The highest BCUT2D eigenvalue weighted by Gasteiger charge is 2.48. The van der Waals surface area contributed by atoms with E-state index in [1.807, 2.05) is 18.2 Å². The van der Waals surface area contributed by atoms with Crippen LogP contribution in [0.25, 0.3) is 0 Å². The third-order valence-corrected chi connectivity index (χ3v) is 7.79. The Morgan fingerprint density at radius 2 is 1.93 bits per heavy atom. The van der Waals surface area contributed by atoms with E-state index in [9.17, 15) is 8.42 Å². The molecule has 6 nitrogen and oxygen atoms in total. The van der Waals surface area contributed by atoms with Gasteiger partial charge < -0.3 is 9.47 Å². The number of sulfonamides is 1. The van der Waals surface area contributed by atoms with Gasteiger partial charge in [-0.15, -0.1) is 0 Å². The molecule has 5 rings (SSSR count). The van der Waals surface area contributed by atoms with Crippen LogP contribution in [0.4, 0.5) is 0 Å². The molecule has 0 N–H and O–H groups in total. The second kappa shape index (κ2) is 6.49. The van der Waals surface area contributed by atoms with Gasteiger partial charge in [-0.1, -0.05) is 6.07 Å². The van der Waals surface area contributed by atoms with Gasteiger partial charge in [-0.25, -0.2) is 13.4 Å². The van der Waals surface area contributed by atoms with E-state index >= 15 is 0 Å². The van der Waals surface area contributed by atoms with Gasteiger partial charge in [0, 0.05) is 43.6 Å². The number of hydrogen-bond donors (Lipinski definition) is 0. The highest BCUT2D eigenvalue weighted by atomic mass is 32.2. The molecule has 27 heavy (non-hydrogen) atoms. The molecule has 0 aliphatic carbocycles. The molecule has 142 valence electrons. The summed E-state index contributed by atoms with van der Waals surface area (Å²) in [7, 11) is -3.51. The van der Waals surface area contributed by atoms with Crippen LogP contribution in [-0.2, 0) is 16.4 Å². The van der Waals surface area contributed by atoms with Gasteiger partial charge in [-0.05, 0) is 42.7 Å². The lowest BCUT2D eigenvalue weighted by atomic mass is 10.0. The second-order valence-electron chi connectivity index (χ2n) is 7.47. The van der Waals surface area contributed by atoms with Crippen molar-refractivity contribution >= 4 is 10.0 Å². The molecule has 0 spiro atoms. The van der Waals surface area contributed by atoms with Crippen LogP contribution in [0, 0.1) is 0 Å². The zero-order valence-corrected chi connectivity index (χ0v) is 15.8. The van der Waals surface area contributed by atoms with Crippen molar-refractivity contribution in [3.05, 3.63) is 48.2 Å². The normalized spacial score (nSPS) is 27.2. The minimum Gasteiger partial charge on any atom is -0.493 e. The molecule has 7 heteroatoms. The van der Waals surface area contributed by atoms with E-state index in [1.54, 1.807) is 28.7 Å². The summed E-state index contributed by atoms with van der Waals surface area (Å²) in [4.78, 5) is 4.61.